The SMILES string of the molecule is CCCN1C(=O)C(C#N)=C(C)/C(=C/c2ccc(-c3ccc(C(N)=O)cc3)o2)C1=O. The zero-order valence-electron chi connectivity index (χ0n) is 16.1. The number of furan rings is 1. The molecule has 7 heteroatoms. The van der Waals surface area contributed by atoms with Gasteiger partial charge >= 0.3 is 0 Å². The maximum Gasteiger partial charge on any atom is 0.271 e. The largest absolute Gasteiger partial charge is 0.457 e. The van der Waals surface area contributed by atoms with Crippen molar-refractivity contribution in [3.05, 3.63) is 64.4 Å². The third-order valence-corrected chi connectivity index (χ3v) is 4.64. The van der Waals surface area contributed by atoms with E-state index in [9.17, 15) is 19.6 Å². The Bertz CT molecular complexity index is 1100. The summed E-state index contributed by atoms with van der Waals surface area (Å²) < 4.78 is 5.81. The van der Waals surface area contributed by atoms with Crippen LogP contribution in [0.1, 0.15) is 36.4 Å². The molecule has 0 radical (unpaired) electrons. The molecular formula is C22H19N3O4. The van der Waals surface area contributed by atoms with E-state index in [-0.39, 0.29) is 17.7 Å². The summed E-state index contributed by atoms with van der Waals surface area (Å²) in [4.78, 5) is 37.4. The van der Waals surface area contributed by atoms with Gasteiger partial charge in [0.1, 0.15) is 23.2 Å². The van der Waals surface area contributed by atoms with Crippen LogP contribution >= 0.6 is 0 Å². The van der Waals surface area contributed by atoms with E-state index in [2.05, 4.69) is 0 Å². The molecule has 1 aliphatic heterocycles. The van der Waals surface area contributed by atoms with Gasteiger partial charge in [0.15, 0.2) is 0 Å². The highest BCUT2D eigenvalue weighted by molar-refractivity contribution is 6.19. The quantitative estimate of drug-likeness (QED) is 0.623. The van der Waals surface area contributed by atoms with E-state index in [1.165, 1.54) is 6.08 Å². The van der Waals surface area contributed by atoms with E-state index < -0.39 is 17.7 Å². The topological polar surface area (TPSA) is 117 Å². The average molecular weight is 389 g/mol. The van der Waals surface area contributed by atoms with Crippen LogP contribution < -0.4 is 5.73 Å². The van der Waals surface area contributed by atoms with Gasteiger partial charge in [-0.05, 0) is 49.3 Å². The second-order valence-corrected chi connectivity index (χ2v) is 6.58. The molecule has 0 saturated heterocycles. The summed E-state index contributed by atoms with van der Waals surface area (Å²) in [6, 6.07) is 11.9. The Kier molecular flexibility index (Phi) is 5.46. The molecule has 2 N–H and O–H groups in total. The maximum absolute atomic E-state index is 12.8. The van der Waals surface area contributed by atoms with Crippen LogP contribution in [-0.2, 0) is 9.59 Å². The van der Waals surface area contributed by atoms with Crippen molar-refractivity contribution < 1.29 is 18.8 Å². The van der Waals surface area contributed by atoms with Crippen LogP contribution in [0.15, 0.2) is 57.5 Å². The van der Waals surface area contributed by atoms with Crippen LogP contribution in [0.25, 0.3) is 17.4 Å². The predicted molar refractivity (Wildman–Crippen MR) is 106 cm³/mol. The average Bonchev–Trinajstić information content (AvgIpc) is 3.18. The first kappa shape index (κ1) is 19.8. The van der Waals surface area contributed by atoms with Crippen molar-refractivity contribution in [1.82, 2.24) is 4.90 Å². The zero-order valence-corrected chi connectivity index (χ0v) is 16.1. The van der Waals surface area contributed by atoms with E-state index in [0.717, 1.165) is 10.5 Å². The van der Waals surface area contributed by atoms with Crippen LogP contribution in [0.3, 0.4) is 0 Å². The Morgan fingerprint density at radius 1 is 1.17 bits per heavy atom. The summed E-state index contributed by atoms with van der Waals surface area (Å²) >= 11 is 0. The fraction of sp³-hybridized carbons (Fsp3) is 0.182. The minimum absolute atomic E-state index is 0.0434. The molecule has 0 bridgehead atoms. The van der Waals surface area contributed by atoms with Gasteiger partial charge in [0, 0.05) is 23.2 Å². The number of benzene rings is 1. The van der Waals surface area contributed by atoms with Gasteiger partial charge in [0.2, 0.25) is 5.91 Å². The van der Waals surface area contributed by atoms with E-state index in [1.54, 1.807) is 43.3 Å². The zero-order chi connectivity index (χ0) is 21.1. The van der Waals surface area contributed by atoms with Crippen LogP contribution in [-0.4, -0.2) is 29.2 Å². The van der Waals surface area contributed by atoms with Gasteiger partial charge in [-0.1, -0.05) is 19.1 Å². The highest BCUT2D eigenvalue weighted by atomic mass is 16.3. The standard InChI is InChI=1S/C22H19N3O4/c1-3-10-25-21(27)17(13(2)18(12-23)22(25)28)11-16-8-9-19(29-16)14-4-6-15(7-5-14)20(24)26/h4-9,11H,3,10H2,1-2H3,(H2,24,26)/b17-11-. The Morgan fingerprint density at radius 2 is 1.86 bits per heavy atom. The van der Waals surface area contributed by atoms with Crippen molar-refractivity contribution in [1.29, 1.82) is 5.26 Å². The number of nitriles is 1. The molecule has 0 spiro atoms. The number of nitrogens with two attached hydrogens (primary N) is 1. The lowest BCUT2D eigenvalue weighted by molar-refractivity contribution is -0.140. The van der Waals surface area contributed by atoms with E-state index in [4.69, 9.17) is 10.2 Å². The maximum atomic E-state index is 12.8. The molecule has 3 rings (SSSR count). The number of imide groups is 1. The van der Waals surface area contributed by atoms with Crippen LogP contribution in [0, 0.1) is 11.3 Å². The first-order chi connectivity index (χ1) is 13.9. The molecule has 3 amide bonds. The van der Waals surface area contributed by atoms with Crippen LogP contribution in [0.2, 0.25) is 0 Å². The fourth-order valence-corrected chi connectivity index (χ4v) is 3.08. The highest BCUT2D eigenvalue weighted by Gasteiger charge is 2.35. The minimum Gasteiger partial charge on any atom is -0.457 e. The van der Waals surface area contributed by atoms with Gasteiger partial charge in [-0.2, -0.15) is 5.26 Å². The van der Waals surface area contributed by atoms with Crippen molar-refractivity contribution in [3.8, 4) is 17.4 Å². The van der Waals surface area contributed by atoms with Crippen molar-refractivity contribution in [2.45, 2.75) is 20.3 Å². The molecule has 0 aliphatic carbocycles. The minimum atomic E-state index is -0.566. The number of hydrogen-bond donors (Lipinski definition) is 1. The van der Waals surface area contributed by atoms with Crippen molar-refractivity contribution in [2.24, 2.45) is 5.73 Å². The summed E-state index contributed by atoms with van der Waals surface area (Å²) in [6.45, 7) is 3.67. The lowest BCUT2D eigenvalue weighted by Crippen LogP contribution is -2.43. The number of primary amides is 1. The highest BCUT2D eigenvalue weighted by Crippen LogP contribution is 2.29. The fourth-order valence-electron chi connectivity index (χ4n) is 3.08. The summed E-state index contributed by atoms with van der Waals surface area (Å²) in [6.07, 6.45) is 2.13. The molecular weight excluding hydrogens is 370 g/mol. The number of amides is 3. The van der Waals surface area contributed by atoms with E-state index >= 15 is 0 Å². The Hall–Kier alpha value is -3.92. The first-order valence-electron chi connectivity index (χ1n) is 9.06. The van der Waals surface area contributed by atoms with Crippen LogP contribution in [0.4, 0.5) is 0 Å². The third kappa shape index (κ3) is 3.73. The Morgan fingerprint density at radius 3 is 2.45 bits per heavy atom. The number of carbonyl (C=O) groups excluding carboxylic acids is 3. The molecule has 7 nitrogen and oxygen atoms in total. The number of rotatable bonds is 5. The summed E-state index contributed by atoms with van der Waals surface area (Å²) in [5, 5.41) is 9.35. The molecule has 0 unspecified atom stereocenters. The lowest BCUT2D eigenvalue weighted by Gasteiger charge is -2.26. The molecule has 0 saturated carbocycles. The first-order valence-corrected chi connectivity index (χ1v) is 9.06. The van der Waals surface area contributed by atoms with Crippen molar-refractivity contribution in [2.75, 3.05) is 6.54 Å². The van der Waals surface area contributed by atoms with E-state index in [0.29, 0.717) is 29.1 Å². The Balaban J connectivity index is 1.98. The van der Waals surface area contributed by atoms with Gasteiger partial charge in [0.25, 0.3) is 11.8 Å². The van der Waals surface area contributed by atoms with Gasteiger partial charge in [-0.15, -0.1) is 0 Å². The second-order valence-electron chi connectivity index (χ2n) is 6.58. The Labute approximate surface area is 167 Å². The molecule has 2 heterocycles. The summed E-state index contributed by atoms with van der Waals surface area (Å²) in [7, 11) is 0. The second kappa shape index (κ2) is 7.98. The smallest absolute Gasteiger partial charge is 0.271 e. The van der Waals surface area contributed by atoms with Gasteiger partial charge in [-0.25, -0.2) is 0 Å². The van der Waals surface area contributed by atoms with E-state index in [1.807, 2.05) is 13.0 Å². The van der Waals surface area contributed by atoms with Gasteiger partial charge in [0.05, 0.1) is 0 Å². The number of nitrogens with zero attached hydrogens (tertiary/aromatic N) is 2. The van der Waals surface area contributed by atoms with Crippen LogP contribution in [0.5, 0.6) is 0 Å². The molecule has 0 atom stereocenters. The number of hydrogen-bond acceptors (Lipinski definition) is 5. The van der Waals surface area contributed by atoms with Gasteiger partial charge in [-0.3, -0.25) is 19.3 Å². The summed E-state index contributed by atoms with van der Waals surface area (Å²) in [5.41, 5.74) is 6.91. The number of carbonyl (C=O) groups is 3. The molecule has 29 heavy (non-hydrogen) atoms. The predicted octanol–water partition coefficient (Wildman–Crippen LogP) is 3.05. The van der Waals surface area contributed by atoms with Crippen molar-refractivity contribution >= 4 is 23.8 Å². The van der Waals surface area contributed by atoms with Crippen molar-refractivity contribution in [3.63, 3.8) is 0 Å². The molecule has 2 aromatic rings. The normalized spacial score (nSPS) is 15.8. The molecule has 1 aromatic carbocycles. The summed E-state index contributed by atoms with van der Waals surface area (Å²) in [5.74, 6) is -0.579. The molecule has 1 aromatic heterocycles. The molecule has 146 valence electrons. The molecule has 0 fully saturated rings. The monoisotopic (exact) mass is 389 g/mol. The lowest BCUT2D eigenvalue weighted by atomic mass is 9.94. The molecule has 1 aliphatic rings. The van der Waals surface area contributed by atoms with Gasteiger partial charge < -0.3 is 10.2 Å². The third-order valence-electron chi connectivity index (χ3n) is 4.64.